The number of nitrogens with zero attached hydrogens (tertiary/aromatic N) is 4. The van der Waals surface area contributed by atoms with Crippen molar-refractivity contribution in [1.29, 1.82) is 0 Å². The highest BCUT2D eigenvalue weighted by molar-refractivity contribution is 6.30. The molecule has 0 saturated carbocycles. The van der Waals surface area contributed by atoms with Gasteiger partial charge in [-0.25, -0.2) is 4.79 Å². The number of piperazine rings is 1. The molecule has 0 bridgehead atoms. The van der Waals surface area contributed by atoms with Crippen molar-refractivity contribution in [2.24, 2.45) is 0 Å². The quantitative estimate of drug-likeness (QED) is 0.635. The van der Waals surface area contributed by atoms with Gasteiger partial charge in [-0.15, -0.1) is 0 Å². The summed E-state index contributed by atoms with van der Waals surface area (Å²) in [5.41, 5.74) is 3.63. The molecule has 1 atom stereocenters. The molecule has 7 nitrogen and oxygen atoms in total. The van der Waals surface area contributed by atoms with Crippen molar-refractivity contribution in [1.82, 2.24) is 14.8 Å². The molecule has 0 aliphatic carbocycles. The minimum atomic E-state index is -0.638. The third-order valence-corrected chi connectivity index (χ3v) is 6.46. The second-order valence-electron chi connectivity index (χ2n) is 8.18. The number of amides is 3. The van der Waals surface area contributed by atoms with E-state index in [4.69, 9.17) is 11.6 Å². The number of halogens is 1. The first kappa shape index (κ1) is 21.3. The van der Waals surface area contributed by atoms with Crippen LogP contribution >= 0.6 is 11.6 Å². The highest BCUT2D eigenvalue weighted by atomic mass is 35.5. The van der Waals surface area contributed by atoms with Gasteiger partial charge in [-0.1, -0.05) is 35.9 Å². The number of rotatable bonds is 3. The summed E-state index contributed by atoms with van der Waals surface area (Å²) in [5, 5.41) is 3.50. The van der Waals surface area contributed by atoms with Crippen molar-refractivity contribution < 1.29 is 9.59 Å². The summed E-state index contributed by atoms with van der Waals surface area (Å²) in [6.07, 6.45) is 3.55. The van der Waals surface area contributed by atoms with Crippen LogP contribution in [0.25, 0.3) is 0 Å². The van der Waals surface area contributed by atoms with Crippen LogP contribution in [0.4, 0.5) is 16.2 Å². The third-order valence-electron chi connectivity index (χ3n) is 6.21. The van der Waals surface area contributed by atoms with E-state index in [0.717, 1.165) is 29.9 Å². The highest BCUT2D eigenvalue weighted by Crippen LogP contribution is 2.36. The maximum atomic E-state index is 13.7. The van der Waals surface area contributed by atoms with Gasteiger partial charge in [-0.2, -0.15) is 0 Å². The molecule has 2 aromatic carbocycles. The number of benzene rings is 2. The van der Waals surface area contributed by atoms with Gasteiger partial charge in [0.1, 0.15) is 6.04 Å². The minimum Gasteiger partial charge on any atom is -0.368 e. The fourth-order valence-electron chi connectivity index (χ4n) is 4.48. The lowest BCUT2D eigenvalue weighted by Crippen LogP contribution is -2.52. The number of hydrogen-bond acceptors (Lipinski definition) is 4. The fourth-order valence-corrected chi connectivity index (χ4v) is 4.61. The summed E-state index contributed by atoms with van der Waals surface area (Å²) in [4.78, 5) is 36.7. The molecule has 3 heterocycles. The Morgan fingerprint density at radius 1 is 0.909 bits per heavy atom. The van der Waals surface area contributed by atoms with Crippen LogP contribution in [0.5, 0.6) is 0 Å². The maximum Gasteiger partial charge on any atom is 0.323 e. The second kappa shape index (κ2) is 9.11. The molecule has 8 heteroatoms. The Bertz CT molecular complexity index is 1150. The van der Waals surface area contributed by atoms with Gasteiger partial charge in [0.05, 0.1) is 0 Å². The molecular weight excluding hydrogens is 438 g/mol. The molecule has 5 rings (SSSR count). The maximum absolute atomic E-state index is 13.7. The normalized spacial score (nSPS) is 17.6. The first-order chi connectivity index (χ1) is 16.1. The van der Waals surface area contributed by atoms with Crippen molar-refractivity contribution >= 4 is 34.9 Å². The van der Waals surface area contributed by atoms with Crippen LogP contribution in [0.2, 0.25) is 5.02 Å². The molecule has 2 aliphatic rings. The molecule has 1 aromatic heterocycles. The van der Waals surface area contributed by atoms with Crippen LogP contribution < -0.4 is 10.2 Å². The number of nitrogens with one attached hydrogen (secondary N) is 1. The summed E-state index contributed by atoms with van der Waals surface area (Å²) in [5.74, 6) is -0.0411. The van der Waals surface area contributed by atoms with Crippen LogP contribution in [-0.4, -0.2) is 52.9 Å². The van der Waals surface area contributed by atoms with Gasteiger partial charge in [-0.3, -0.25) is 9.78 Å². The van der Waals surface area contributed by atoms with E-state index in [-0.39, 0.29) is 11.9 Å². The lowest BCUT2D eigenvalue weighted by Gasteiger charge is -2.38. The third kappa shape index (κ3) is 4.36. The van der Waals surface area contributed by atoms with Crippen LogP contribution in [0, 0.1) is 0 Å². The zero-order chi connectivity index (χ0) is 22.8. The van der Waals surface area contributed by atoms with Crippen molar-refractivity contribution in [3.8, 4) is 0 Å². The van der Waals surface area contributed by atoms with E-state index < -0.39 is 6.04 Å². The predicted octanol–water partition coefficient (Wildman–Crippen LogP) is 4.17. The van der Waals surface area contributed by atoms with Crippen molar-refractivity contribution in [3.63, 3.8) is 0 Å². The SMILES string of the molecule is O=C(C1c2ccccc2CN1C(=O)Nc1ccc(Cl)cc1)N1CCN(c2ccncc2)CC1. The first-order valence-electron chi connectivity index (χ1n) is 10.9. The van der Waals surface area contributed by atoms with E-state index in [2.05, 4.69) is 15.2 Å². The molecule has 2 aliphatic heterocycles. The Morgan fingerprint density at radius 2 is 1.61 bits per heavy atom. The number of hydrogen-bond donors (Lipinski definition) is 1. The number of carbonyl (C=O) groups is 2. The smallest absolute Gasteiger partial charge is 0.323 e. The minimum absolute atomic E-state index is 0.0411. The summed E-state index contributed by atoms with van der Waals surface area (Å²) >= 11 is 5.96. The zero-order valence-corrected chi connectivity index (χ0v) is 18.8. The standard InChI is InChI=1S/C25H24ClN5O2/c26-19-5-7-20(8-6-19)28-25(33)31-17-18-3-1-2-4-22(18)23(31)24(32)30-15-13-29(14-16-30)21-9-11-27-12-10-21/h1-12,23H,13-17H2,(H,28,33). The van der Waals surface area contributed by atoms with Crippen LogP contribution in [-0.2, 0) is 11.3 Å². The van der Waals surface area contributed by atoms with Crippen LogP contribution in [0.15, 0.2) is 73.1 Å². The molecule has 1 unspecified atom stereocenters. The number of urea groups is 1. The molecule has 168 valence electrons. The number of anilines is 2. The molecule has 3 amide bonds. The Kier molecular flexibility index (Phi) is 5.88. The van der Waals surface area contributed by atoms with Crippen molar-refractivity contribution in [2.75, 3.05) is 36.4 Å². The average molecular weight is 462 g/mol. The van der Waals surface area contributed by atoms with Gasteiger partial charge < -0.3 is 20.0 Å². The van der Waals surface area contributed by atoms with E-state index >= 15 is 0 Å². The summed E-state index contributed by atoms with van der Waals surface area (Å²) in [6.45, 7) is 3.07. The molecule has 1 fully saturated rings. The Morgan fingerprint density at radius 3 is 2.33 bits per heavy atom. The van der Waals surface area contributed by atoms with E-state index in [9.17, 15) is 9.59 Å². The largest absolute Gasteiger partial charge is 0.368 e. The van der Waals surface area contributed by atoms with Crippen molar-refractivity contribution in [3.05, 3.63) is 89.2 Å². The van der Waals surface area contributed by atoms with Gasteiger partial charge >= 0.3 is 6.03 Å². The summed E-state index contributed by atoms with van der Waals surface area (Å²) in [7, 11) is 0. The second-order valence-corrected chi connectivity index (χ2v) is 8.62. The van der Waals surface area contributed by atoms with Gasteiger partial charge in [0.25, 0.3) is 0 Å². The summed E-state index contributed by atoms with van der Waals surface area (Å²) in [6, 6.07) is 17.7. The molecule has 1 saturated heterocycles. The monoisotopic (exact) mass is 461 g/mol. The molecule has 3 aromatic rings. The van der Waals surface area contributed by atoms with Crippen LogP contribution in [0.3, 0.4) is 0 Å². The predicted molar refractivity (Wildman–Crippen MR) is 128 cm³/mol. The molecule has 1 N–H and O–H groups in total. The number of aromatic nitrogens is 1. The van der Waals surface area contributed by atoms with Crippen LogP contribution in [0.1, 0.15) is 17.2 Å². The van der Waals surface area contributed by atoms with E-state index in [1.54, 1.807) is 41.6 Å². The Hall–Kier alpha value is -3.58. The molecular formula is C25H24ClN5O2. The van der Waals surface area contributed by atoms with E-state index in [1.807, 2.05) is 41.3 Å². The van der Waals surface area contributed by atoms with Gasteiger partial charge in [-0.05, 0) is 47.5 Å². The zero-order valence-electron chi connectivity index (χ0n) is 18.0. The molecule has 33 heavy (non-hydrogen) atoms. The van der Waals surface area contributed by atoms with Gasteiger partial charge in [0.2, 0.25) is 5.91 Å². The Labute approximate surface area is 197 Å². The lowest BCUT2D eigenvalue weighted by molar-refractivity contribution is -0.136. The highest BCUT2D eigenvalue weighted by Gasteiger charge is 2.41. The average Bonchev–Trinajstić information content (AvgIpc) is 3.25. The van der Waals surface area contributed by atoms with E-state index in [0.29, 0.717) is 30.3 Å². The number of pyridine rings is 1. The topological polar surface area (TPSA) is 68.8 Å². The van der Waals surface area contributed by atoms with Gasteiger partial charge in [0, 0.05) is 61.5 Å². The molecule has 0 spiro atoms. The van der Waals surface area contributed by atoms with E-state index in [1.165, 1.54) is 0 Å². The number of carbonyl (C=O) groups excluding carboxylic acids is 2. The number of fused-ring (bicyclic) bond motifs is 1. The molecule has 0 radical (unpaired) electrons. The fraction of sp³-hybridized carbons (Fsp3) is 0.240. The summed E-state index contributed by atoms with van der Waals surface area (Å²) < 4.78 is 0. The first-order valence-corrected chi connectivity index (χ1v) is 11.3. The Balaban J connectivity index is 1.33. The van der Waals surface area contributed by atoms with Gasteiger partial charge in [0.15, 0.2) is 0 Å². The van der Waals surface area contributed by atoms with Crippen molar-refractivity contribution in [2.45, 2.75) is 12.6 Å². The lowest BCUT2D eigenvalue weighted by atomic mass is 10.0.